The van der Waals surface area contributed by atoms with Crippen molar-refractivity contribution >= 4 is 23.9 Å². The van der Waals surface area contributed by atoms with Crippen molar-refractivity contribution in [1.29, 1.82) is 0 Å². The molecule has 0 aromatic heterocycles. The maximum Gasteiger partial charge on any atom is 0.335 e. The highest BCUT2D eigenvalue weighted by Crippen LogP contribution is 2.26. The highest BCUT2D eigenvalue weighted by molar-refractivity contribution is 5.74. The number of hydrogen-bond donors (Lipinski definition) is 3. The van der Waals surface area contributed by atoms with Crippen molar-refractivity contribution in [2.24, 2.45) is 0 Å². The smallest absolute Gasteiger partial charge is 0.335 e. The molecule has 1 rings (SSSR count). The van der Waals surface area contributed by atoms with E-state index in [2.05, 4.69) is 142 Å². The van der Waals surface area contributed by atoms with Gasteiger partial charge in [0.05, 0.1) is 13.0 Å². The number of carbonyl (C=O) groups is 4. The molecule has 6 unspecified atom stereocenters. The molecule has 1 aliphatic heterocycles. The van der Waals surface area contributed by atoms with Gasteiger partial charge in [0.15, 0.2) is 24.6 Å². The lowest BCUT2D eigenvalue weighted by molar-refractivity contribution is -0.301. The van der Waals surface area contributed by atoms with E-state index in [1.54, 1.807) is 6.08 Å². The molecular formula is C71H110O12. The van der Waals surface area contributed by atoms with Gasteiger partial charge in [-0.25, -0.2) is 4.79 Å². The predicted octanol–water partition coefficient (Wildman–Crippen LogP) is 17.1. The predicted molar refractivity (Wildman–Crippen MR) is 339 cm³/mol. The Morgan fingerprint density at radius 2 is 0.795 bits per heavy atom. The number of aliphatic carboxylic acids is 1. The second kappa shape index (κ2) is 57.1. The van der Waals surface area contributed by atoms with Crippen molar-refractivity contribution in [2.75, 3.05) is 13.2 Å². The normalized spacial score (nSPS) is 18.6. The molecule has 0 aromatic rings. The summed E-state index contributed by atoms with van der Waals surface area (Å²) in [4.78, 5) is 51.2. The first-order valence-corrected chi connectivity index (χ1v) is 31.8. The Morgan fingerprint density at radius 3 is 1.23 bits per heavy atom. The SMILES string of the molecule is CC/C=C\C/C=C\C/C=C\C/C=C\C/C=C\CCCCCC(=O)OCC(COC1OC(C(=O)O)C(O)C(O)C1OC(=O)CCCCCCCCCCC/C=C\C/C=C\CCCCC)OC(=O)C/C=C\C/C=C\C/C=C\C/C=C\C/C=C\CC. The van der Waals surface area contributed by atoms with Crippen LogP contribution in [0.2, 0.25) is 0 Å². The molecule has 466 valence electrons. The van der Waals surface area contributed by atoms with Gasteiger partial charge in [0.2, 0.25) is 0 Å². The molecule has 0 amide bonds. The molecule has 0 bridgehead atoms. The number of carboxylic acid groups (broad SMARTS) is 1. The highest BCUT2D eigenvalue weighted by atomic mass is 16.7. The fourth-order valence-corrected chi connectivity index (χ4v) is 8.62. The van der Waals surface area contributed by atoms with Crippen LogP contribution in [0.5, 0.6) is 0 Å². The Hall–Kier alpha value is -5.40. The molecular weight excluding hydrogens is 1040 g/mol. The van der Waals surface area contributed by atoms with Gasteiger partial charge in [0, 0.05) is 12.8 Å². The van der Waals surface area contributed by atoms with E-state index >= 15 is 0 Å². The summed E-state index contributed by atoms with van der Waals surface area (Å²) in [5.41, 5.74) is 0. The summed E-state index contributed by atoms with van der Waals surface area (Å²) >= 11 is 0. The molecule has 1 aliphatic rings. The number of unbranched alkanes of at least 4 members (excludes halogenated alkanes) is 15. The van der Waals surface area contributed by atoms with Gasteiger partial charge in [0.1, 0.15) is 18.8 Å². The van der Waals surface area contributed by atoms with E-state index in [4.69, 9.17) is 23.7 Å². The van der Waals surface area contributed by atoms with Crippen molar-refractivity contribution < 1.29 is 58.2 Å². The van der Waals surface area contributed by atoms with Crippen LogP contribution < -0.4 is 0 Å². The number of aliphatic hydroxyl groups is 2. The van der Waals surface area contributed by atoms with Crippen LogP contribution in [0.25, 0.3) is 0 Å². The van der Waals surface area contributed by atoms with Crippen LogP contribution in [0, 0.1) is 0 Å². The second-order valence-corrected chi connectivity index (χ2v) is 20.9. The molecule has 1 heterocycles. The van der Waals surface area contributed by atoms with E-state index in [0.29, 0.717) is 19.3 Å². The molecule has 0 radical (unpaired) electrons. The maximum absolute atomic E-state index is 13.1. The van der Waals surface area contributed by atoms with Crippen LogP contribution in [-0.4, -0.2) is 89.2 Å². The van der Waals surface area contributed by atoms with Gasteiger partial charge < -0.3 is 39.0 Å². The van der Waals surface area contributed by atoms with Crippen molar-refractivity contribution in [1.82, 2.24) is 0 Å². The maximum atomic E-state index is 13.1. The van der Waals surface area contributed by atoms with E-state index < -0.39 is 67.3 Å². The molecule has 1 fully saturated rings. The van der Waals surface area contributed by atoms with Gasteiger partial charge in [-0.05, 0) is 122 Å². The number of allylic oxidation sites excluding steroid dienone is 23. The number of carbonyl (C=O) groups excluding carboxylic acids is 3. The zero-order valence-electron chi connectivity index (χ0n) is 51.4. The zero-order valence-corrected chi connectivity index (χ0v) is 51.4. The van der Waals surface area contributed by atoms with Gasteiger partial charge in [-0.15, -0.1) is 0 Å². The quantitative estimate of drug-likeness (QED) is 0.0228. The van der Waals surface area contributed by atoms with Crippen molar-refractivity contribution in [3.05, 3.63) is 146 Å². The fraction of sp³-hybridized carbons (Fsp3) is 0.606. The zero-order chi connectivity index (χ0) is 60.3. The van der Waals surface area contributed by atoms with Crippen LogP contribution in [0.4, 0.5) is 0 Å². The van der Waals surface area contributed by atoms with Crippen molar-refractivity contribution in [3.63, 3.8) is 0 Å². The topological polar surface area (TPSA) is 175 Å². The monoisotopic (exact) mass is 1150 g/mol. The third-order valence-electron chi connectivity index (χ3n) is 13.4. The van der Waals surface area contributed by atoms with E-state index in [1.807, 2.05) is 18.2 Å². The summed E-state index contributed by atoms with van der Waals surface area (Å²) < 4.78 is 28.3. The minimum absolute atomic E-state index is 0.0337. The summed E-state index contributed by atoms with van der Waals surface area (Å²) in [6, 6.07) is 0. The first kappa shape index (κ1) is 75.6. The van der Waals surface area contributed by atoms with Crippen LogP contribution >= 0.6 is 0 Å². The van der Waals surface area contributed by atoms with Gasteiger partial charge in [-0.3, -0.25) is 14.4 Å². The Labute approximate surface area is 502 Å². The number of ether oxygens (including phenoxy) is 5. The largest absolute Gasteiger partial charge is 0.479 e. The third kappa shape index (κ3) is 46.6. The van der Waals surface area contributed by atoms with E-state index in [1.165, 1.54) is 51.4 Å². The molecule has 12 heteroatoms. The Kier molecular flexibility index (Phi) is 52.0. The number of hydrogen-bond acceptors (Lipinski definition) is 11. The summed E-state index contributed by atoms with van der Waals surface area (Å²) in [6.07, 6.45) is 69.7. The van der Waals surface area contributed by atoms with Crippen LogP contribution in [-0.2, 0) is 42.9 Å². The molecule has 3 N–H and O–H groups in total. The Balaban J connectivity index is 2.73. The molecule has 0 saturated carbocycles. The van der Waals surface area contributed by atoms with Crippen molar-refractivity contribution in [3.8, 4) is 0 Å². The van der Waals surface area contributed by atoms with E-state index in [-0.39, 0.29) is 25.9 Å². The van der Waals surface area contributed by atoms with Crippen molar-refractivity contribution in [2.45, 2.75) is 263 Å². The molecule has 83 heavy (non-hydrogen) atoms. The number of aliphatic hydroxyl groups excluding tert-OH is 2. The molecule has 0 spiro atoms. The Morgan fingerprint density at radius 1 is 0.422 bits per heavy atom. The minimum Gasteiger partial charge on any atom is -0.479 e. The van der Waals surface area contributed by atoms with Gasteiger partial charge >= 0.3 is 23.9 Å². The van der Waals surface area contributed by atoms with Crippen LogP contribution in [0.3, 0.4) is 0 Å². The fourth-order valence-electron chi connectivity index (χ4n) is 8.62. The lowest BCUT2D eigenvalue weighted by atomic mass is 9.98. The van der Waals surface area contributed by atoms with Gasteiger partial charge in [-0.1, -0.05) is 231 Å². The van der Waals surface area contributed by atoms with Crippen LogP contribution in [0.1, 0.15) is 226 Å². The Bertz CT molecular complexity index is 2000. The lowest BCUT2D eigenvalue weighted by Gasteiger charge is -2.40. The summed E-state index contributed by atoms with van der Waals surface area (Å²) in [7, 11) is 0. The average molecular weight is 1160 g/mol. The standard InChI is InChI=1S/C71H110O12/c1-4-7-10-13-16-19-22-25-28-30-32-34-37-39-42-45-48-51-54-57-63(72)79-60-62(81-64(73)58-55-52-49-46-43-40-36-27-24-21-18-15-12-9-6-3)61-80-71-69(67(76)66(75)68(83-71)70(77)78)82-65(74)59-56-53-50-47-44-41-38-35-33-31-29-26-23-20-17-14-11-8-5-2/h7,9-10,12,16-21,25-29,32,34,36,39,42-43,46,52,55,62,66-69,71,75-76H,4-6,8,11,13-15,22-24,30-31,33,35,37-38,40-41,44-45,47-51,53-54,56-61H2,1-3H3,(H,77,78)/b10-7-,12-9-,19-16-,20-17-,21-18-,28-25-,29-26-,34-32-,36-27-,42-39-,46-43-,55-52-. The van der Waals surface area contributed by atoms with Crippen LogP contribution in [0.15, 0.2) is 146 Å². The van der Waals surface area contributed by atoms with E-state index in [9.17, 15) is 34.5 Å². The minimum atomic E-state index is -1.93. The molecule has 6 atom stereocenters. The third-order valence-corrected chi connectivity index (χ3v) is 13.4. The average Bonchev–Trinajstić information content (AvgIpc) is 3.57. The van der Waals surface area contributed by atoms with Gasteiger partial charge in [0.25, 0.3) is 0 Å². The number of rotatable bonds is 52. The molecule has 0 aromatic carbocycles. The number of carboxylic acids is 1. The highest BCUT2D eigenvalue weighted by Gasteiger charge is 2.50. The lowest BCUT2D eigenvalue weighted by Crippen LogP contribution is -2.61. The molecule has 0 aliphatic carbocycles. The first-order valence-electron chi connectivity index (χ1n) is 31.8. The second-order valence-electron chi connectivity index (χ2n) is 20.9. The molecule has 1 saturated heterocycles. The summed E-state index contributed by atoms with van der Waals surface area (Å²) in [6.45, 7) is 5.63. The first-order chi connectivity index (χ1) is 40.6. The van der Waals surface area contributed by atoms with Gasteiger partial charge in [-0.2, -0.15) is 0 Å². The van der Waals surface area contributed by atoms with E-state index in [0.717, 1.165) is 116 Å². The number of esters is 3. The summed E-state index contributed by atoms with van der Waals surface area (Å²) in [5.74, 6) is -3.36. The summed E-state index contributed by atoms with van der Waals surface area (Å²) in [5, 5.41) is 31.6. The molecule has 12 nitrogen and oxygen atoms in total.